The van der Waals surface area contributed by atoms with E-state index < -0.39 is 28.1 Å². The van der Waals surface area contributed by atoms with Gasteiger partial charge in [0.25, 0.3) is 0 Å². The third kappa shape index (κ3) is 1.58. The lowest BCUT2D eigenvalue weighted by Crippen LogP contribution is -2.00. The first kappa shape index (κ1) is 10.6. The highest BCUT2D eigenvalue weighted by atomic mass is 35.5. The second-order valence-corrected chi connectivity index (χ2v) is 2.78. The van der Waals surface area contributed by atoms with Gasteiger partial charge in [-0.05, 0) is 6.07 Å². The van der Waals surface area contributed by atoms with Crippen molar-refractivity contribution in [3.05, 3.63) is 22.5 Å². The maximum absolute atomic E-state index is 13.1. The Kier molecular flexibility index (Phi) is 2.81. The van der Waals surface area contributed by atoms with E-state index in [-0.39, 0.29) is 5.75 Å². The molecule has 0 heterocycles. The van der Waals surface area contributed by atoms with E-state index in [0.29, 0.717) is 6.07 Å². The molecule has 0 radical (unpaired) electrons. The zero-order chi connectivity index (χ0) is 10.9. The molecule has 1 aromatic rings. The van der Waals surface area contributed by atoms with Gasteiger partial charge in [0.2, 0.25) is 0 Å². The van der Waals surface area contributed by atoms with Crippen LogP contribution in [0.2, 0.25) is 5.02 Å². The lowest BCUT2D eigenvalue weighted by Gasteiger charge is -2.08. The summed E-state index contributed by atoms with van der Waals surface area (Å²) in [7, 11) is 1.16. The SMILES string of the molecule is COc1c(F)cc(C(=O)O)c(O)c1Cl. The lowest BCUT2D eigenvalue weighted by molar-refractivity contribution is 0.0693. The molecular formula is C8H6ClFO4. The molecule has 2 N–H and O–H groups in total. The Morgan fingerprint density at radius 1 is 1.64 bits per heavy atom. The monoisotopic (exact) mass is 220 g/mol. The second-order valence-electron chi connectivity index (χ2n) is 2.41. The summed E-state index contributed by atoms with van der Waals surface area (Å²) in [5, 5.41) is 17.3. The average molecular weight is 221 g/mol. The number of carbonyl (C=O) groups is 1. The Hall–Kier alpha value is -1.49. The average Bonchev–Trinajstić information content (AvgIpc) is 2.12. The van der Waals surface area contributed by atoms with Crippen LogP contribution < -0.4 is 4.74 Å². The Morgan fingerprint density at radius 2 is 2.21 bits per heavy atom. The van der Waals surface area contributed by atoms with Crippen LogP contribution in [0.4, 0.5) is 4.39 Å². The molecule has 0 aliphatic heterocycles. The minimum atomic E-state index is -1.47. The minimum absolute atomic E-state index is 0.380. The fourth-order valence-corrected chi connectivity index (χ4v) is 1.21. The molecule has 0 saturated heterocycles. The largest absolute Gasteiger partial charge is 0.505 e. The maximum atomic E-state index is 13.1. The smallest absolute Gasteiger partial charge is 0.339 e. The van der Waals surface area contributed by atoms with E-state index in [1.54, 1.807) is 0 Å². The number of hydrogen-bond acceptors (Lipinski definition) is 3. The van der Waals surface area contributed by atoms with Crippen LogP contribution in [0.5, 0.6) is 11.5 Å². The number of carboxylic acid groups (broad SMARTS) is 1. The van der Waals surface area contributed by atoms with Gasteiger partial charge in [-0.1, -0.05) is 11.6 Å². The summed E-state index contributed by atoms with van der Waals surface area (Å²) in [6, 6.07) is 0.641. The van der Waals surface area contributed by atoms with Gasteiger partial charge in [0.15, 0.2) is 17.3 Å². The summed E-state index contributed by atoms with van der Waals surface area (Å²) < 4.78 is 17.6. The molecule has 0 fully saturated rings. The van der Waals surface area contributed by atoms with Gasteiger partial charge in [0.05, 0.1) is 7.11 Å². The zero-order valence-electron chi connectivity index (χ0n) is 7.04. The molecule has 4 nitrogen and oxygen atoms in total. The van der Waals surface area contributed by atoms with Crippen molar-refractivity contribution in [3.8, 4) is 11.5 Å². The standard InChI is InChI=1S/C8H6ClFO4/c1-14-7-4(10)2-3(8(12)13)6(11)5(7)9/h2,11H,1H3,(H,12,13). The highest BCUT2D eigenvalue weighted by molar-refractivity contribution is 6.34. The number of hydrogen-bond donors (Lipinski definition) is 2. The number of halogens is 2. The highest BCUT2D eigenvalue weighted by Gasteiger charge is 2.20. The van der Waals surface area contributed by atoms with Crippen LogP contribution in [-0.4, -0.2) is 23.3 Å². The first-order valence-corrected chi connectivity index (χ1v) is 3.85. The predicted octanol–water partition coefficient (Wildman–Crippen LogP) is 1.89. The Balaban J connectivity index is 3.47. The first-order valence-electron chi connectivity index (χ1n) is 3.47. The molecule has 0 saturated carbocycles. The van der Waals surface area contributed by atoms with Crippen molar-refractivity contribution in [3.63, 3.8) is 0 Å². The third-order valence-electron chi connectivity index (χ3n) is 1.58. The normalized spacial score (nSPS) is 9.93. The van der Waals surface area contributed by atoms with Crippen molar-refractivity contribution in [2.45, 2.75) is 0 Å². The number of carboxylic acids is 1. The zero-order valence-corrected chi connectivity index (χ0v) is 7.80. The van der Waals surface area contributed by atoms with Crippen LogP contribution in [0.25, 0.3) is 0 Å². The van der Waals surface area contributed by atoms with E-state index in [4.69, 9.17) is 16.7 Å². The van der Waals surface area contributed by atoms with Crippen LogP contribution in [0.15, 0.2) is 6.07 Å². The van der Waals surface area contributed by atoms with E-state index in [0.717, 1.165) is 7.11 Å². The number of benzene rings is 1. The summed E-state index contributed by atoms with van der Waals surface area (Å²) >= 11 is 5.47. The molecule has 1 rings (SSSR count). The molecule has 0 bridgehead atoms. The first-order chi connectivity index (χ1) is 6.49. The van der Waals surface area contributed by atoms with Crippen LogP contribution in [0.1, 0.15) is 10.4 Å². The van der Waals surface area contributed by atoms with Crippen molar-refractivity contribution in [2.75, 3.05) is 7.11 Å². The molecule has 14 heavy (non-hydrogen) atoms. The molecule has 0 aromatic heterocycles. The van der Waals surface area contributed by atoms with E-state index >= 15 is 0 Å². The van der Waals surface area contributed by atoms with Gasteiger partial charge < -0.3 is 14.9 Å². The fourth-order valence-electron chi connectivity index (χ4n) is 0.941. The molecule has 1 aromatic carbocycles. The molecule has 6 heteroatoms. The summed E-state index contributed by atoms with van der Waals surface area (Å²) in [6.07, 6.45) is 0. The van der Waals surface area contributed by atoms with E-state index in [2.05, 4.69) is 4.74 Å². The van der Waals surface area contributed by atoms with E-state index in [9.17, 15) is 14.3 Å². The van der Waals surface area contributed by atoms with Crippen molar-refractivity contribution in [1.82, 2.24) is 0 Å². The highest BCUT2D eigenvalue weighted by Crippen LogP contribution is 2.38. The number of phenols is 1. The molecule has 0 spiro atoms. The van der Waals surface area contributed by atoms with Crippen molar-refractivity contribution in [2.24, 2.45) is 0 Å². The van der Waals surface area contributed by atoms with Crippen LogP contribution >= 0.6 is 11.6 Å². The van der Waals surface area contributed by atoms with Crippen LogP contribution in [0.3, 0.4) is 0 Å². The molecular weight excluding hydrogens is 215 g/mol. The van der Waals surface area contributed by atoms with Gasteiger partial charge in [-0.2, -0.15) is 0 Å². The minimum Gasteiger partial charge on any atom is -0.505 e. The van der Waals surface area contributed by atoms with Crippen LogP contribution in [-0.2, 0) is 0 Å². The number of methoxy groups -OCH3 is 1. The van der Waals surface area contributed by atoms with Crippen LogP contribution in [0, 0.1) is 5.82 Å². The summed E-state index contributed by atoms with van der Waals surface area (Å²) in [5.41, 5.74) is -0.603. The molecule has 0 aliphatic carbocycles. The Morgan fingerprint density at radius 3 is 2.64 bits per heavy atom. The van der Waals surface area contributed by atoms with Gasteiger partial charge in [-0.3, -0.25) is 0 Å². The number of aromatic hydroxyl groups is 1. The number of ether oxygens (including phenoxy) is 1. The third-order valence-corrected chi connectivity index (χ3v) is 1.94. The van der Waals surface area contributed by atoms with Gasteiger partial charge in [-0.15, -0.1) is 0 Å². The molecule has 0 aliphatic rings. The van der Waals surface area contributed by atoms with Gasteiger partial charge in [0, 0.05) is 0 Å². The maximum Gasteiger partial charge on any atom is 0.339 e. The molecule has 0 amide bonds. The van der Waals surface area contributed by atoms with E-state index in [1.807, 2.05) is 0 Å². The quantitative estimate of drug-likeness (QED) is 0.799. The summed E-state index contributed by atoms with van der Waals surface area (Å²) in [6.45, 7) is 0. The fraction of sp³-hybridized carbons (Fsp3) is 0.125. The van der Waals surface area contributed by atoms with Crippen molar-refractivity contribution >= 4 is 17.6 Å². The lowest BCUT2D eigenvalue weighted by atomic mass is 10.2. The summed E-state index contributed by atoms with van der Waals surface area (Å²) in [5.74, 6) is -3.50. The Labute approximate surface area is 83.5 Å². The van der Waals surface area contributed by atoms with Gasteiger partial charge in [-0.25, -0.2) is 9.18 Å². The van der Waals surface area contributed by atoms with Gasteiger partial charge in [0.1, 0.15) is 10.6 Å². The van der Waals surface area contributed by atoms with Gasteiger partial charge >= 0.3 is 5.97 Å². The van der Waals surface area contributed by atoms with Crippen molar-refractivity contribution < 1.29 is 24.1 Å². The second kappa shape index (κ2) is 3.71. The van der Waals surface area contributed by atoms with E-state index in [1.165, 1.54) is 0 Å². The molecule has 0 unspecified atom stereocenters. The Bertz CT molecular complexity index is 391. The molecule has 0 atom stereocenters. The van der Waals surface area contributed by atoms with Crippen molar-refractivity contribution in [1.29, 1.82) is 0 Å². The topological polar surface area (TPSA) is 66.8 Å². The number of rotatable bonds is 2. The summed E-state index contributed by atoms with van der Waals surface area (Å²) in [4.78, 5) is 10.5. The number of aromatic carboxylic acids is 1. The predicted molar refractivity (Wildman–Crippen MR) is 46.6 cm³/mol. The molecule has 76 valence electrons.